The fourth-order valence-corrected chi connectivity index (χ4v) is 2.10. The van der Waals surface area contributed by atoms with Crippen LogP contribution in [-0.2, 0) is 0 Å². The van der Waals surface area contributed by atoms with Gasteiger partial charge < -0.3 is 10.7 Å². The Morgan fingerprint density at radius 2 is 2.06 bits per heavy atom. The normalized spacial score (nSPS) is 15.2. The van der Waals surface area contributed by atoms with Crippen molar-refractivity contribution in [2.45, 2.75) is 32.6 Å². The number of aromatic nitrogens is 2. The molecule has 0 saturated heterocycles. The van der Waals surface area contributed by atoms with Crippen molar-refractivity contribution in [3.05, 3.63) is 35.3 Å². The van der Waals surface area contributed by atoms with E-state index < -0.39 is 0 Å². The number of anilines is 1. The molecule has 0 unspecified atom stereocenters. The molecule has 1 aliphatic carbocycles. The molecule has 3 N–H and O–H groups in total. The molecule has 0 spiro atoms. The molecule has 0 aliphatic heterocycles. The first-order chi connectivity index (χ1) is 8.15. The fourth-order valence-electron chi connectivity index (χ4n) is 2.10. The van der Waals surface area contributed by atoms with Gasteiger partial charge in [-0.15, -0.1) is 0 Å². The zero-order valence-corrected chi connectivity index (χ0v) is 10.2. The molecule has 1 heterocycles. The van der Waals surface area contributed by atoms with Crippen LogP contribution in [-0.4, -0.2) is 9.97 Å². The maximum Gasteiger partial charge on any atom is 0.110 e. The molecule has 1 saturated carbocycles. The second kappa shape index (κ2) is 3.62. The summed E-state index contributed by atoms with van der Waals surface area (Å²) in [6.45, 7) is 4.09. The smallest absolute Gasteiger partial charge is 0.110 e. The predicted octanol–water partition coefficient (Wildman–Crippen LogP) is 3.15. The van der Waals surface area contributed by atoms with E-state index in [1.807, 2.05) is 13.0 Å². The van der Waals surface area contributed by atoms with Gasteiger partial charge >= 0.3 is 0 Å². The number of aromatic amines is 1. The van der Waals surface area contributed by atoms with Crippen LogP contribution >= 0.6 is 0 Å². The van der Waals surface area contributed by atoms with E-state index in [4.69, 9.17) is 10.7 Å². The lowest BCUT2D eigenvalue weighted by Gasteiger charge is -2.03. The zero-order valence-electron chi connectivity index (χ0n) is 10.2. The summed E-state index contributed by atoms with van der Waals surface area (Å²) in [6.07, 6.45) is 2.53. The van der Waals surface area contributed by atoms with E-state index in [0.29, 0.717) is 5.92 Å². The molecule has 1 aliphatic rings. The lowest BCUT2D eigenvalue weighted by atomic mass is 10.1. The highest BCUT2D eigenvalue weighted by Crippen LogP contribution is 2.39. The number of rotatable bonds is 2. The number of nitrogens with zero attached hydrogens (tertiary/aromatic N) is 1. The molecule has 88 valence electrons. The number of aryl methyl sites for hydroxylation is 2. The maximum atomic E-state index is 5.95. The second-order valence-corrected chi connectivity index (χ2v) is 4.94. The molecular formula is C14H17N3. The third-order valence-electron chi connectivity index (χ3n) is 3.42. The van der Waals surface area contributed by atoms with Crippen LogP contribution in [0.2, 0.25) is 0 Å². The van der Waals surface area contributed by atoms with Gasteiger partial charge in [0.2, 0.25) is 0 Å². The van der Waals surface area contributed by atoms with Gasteiger partial charge in [-0.1, -0.05) is 12.1 Å². The van der Waals surface area contributed by atoms with Crippen molar-refractivity contribution >= 4 is 5.69 Å². The van der Waals surface area contributed by atoms with Crippen LogP contribution in [0.5, 0.6) is 0 Å². The Kier molecular flexibility index (Phi) is 2.21. The van der Waals surface area contributed by atoms with Crippen LogP contribution in [0.3, 0.4) is 0 Å². The highest BCUT2D eigenvalue weighted by atomic mass is 14.9. The number of nitrogen functional groups attached to an aromatic ring is 1. The summed E-state index contributed by atoms with van der Waals surface area (Å²) in [5.41, 5.74) is 11.2. The highest BCUT2D eigenvalue weighted by molar-refractivity contribution is 5.68. The predicted molar refractivity (Wildman–Crippen MR) is 69.9 cm³/mol. The Hall–Kier alpha value is -1.77. The number of H-pyrrole nitrogens is 1. The van der Waals surface area contributed by atoms with Gasteiger partial charge in [-0.3, -0.25) is 0 Å². The first-order valence-electron chi connectivity index (χ1n) is 6.08. The van der Waals surface area contributed by atoms with Crippen molar-refractivity contribution in [2.75, 3.05) is 5.73 Å². The first kappa shape index (κ1) is 10.4. The van der Waals surface area contributed by atoms with Gasteiger partial charge in [0, 0.05) is 22.9 Å². The number of nitrogens with one attached hydrogen (secondary N) is 1. The number of benzene rings is 1. The summed E-state index contributed by atoms with van der Waals surface area (Å²) in [7, 11) is 0. The minimum absolute atomic E-state index is 0.658. The lowest BCUT2D eigenvalue weighted by Crippen LogP contribution is -1.90. The average Bonchev–Trinajstić information content (AvgIpc) is 3.07. The summed E-state index contributed by atoms with van der Waals surface area (Å²) in [5.74, 6) is 1.79. The largest absolute Gasteiger partial charge is 0.398 e. The maximum absolute atomic E-state index is 5.95. The van der Waals surface area contributed by atoms with Crippen LogP contribution in [0.15, 0.2) is 18.2 Å². The first-order valence-corrected chi connectivity index (χ1v) is 6.08. The molecule has 1 fully saturated rings. The van der Waals surface area contributed by atoms with Gasteiger partial charge in [-0.25, -0.2) is 4.98 Å². The van der Waals surface area contributed by atoms with E-state index >= 15 is 0 Å². The SMILES string of the molecule is Cc1ccc(-c2nc(C3CC3)[nH]c2C)cc1N. The molecule has 1 aromatic heterocycles. The molecule has 3 heteroatoms. The second-order valence-electron chi connectivity index (χ2n) is 4.94. The van der Waals surface area contributed by atoms with E-state index in [2.05, 4.69) is 24.0 Å². The average molecular weight is 227 g/mol. The van der Waals surface area contributed by atoms with Crippen molar-refractivity contribution in [2.24, 2.45) is 0 Å². The van der Waals surface area contributed by atoms with Crippen LogP contribution < -0.4 is 5.73 Å². The summed E-state index contributed by atoms with van der Waals surface area (Å²) in [5, 5.41) is 0. The number of hydrogen-bond donors (Lipinski definition) is 2. The monoisotopic (exact) mass is 227 g/mol. The molecule has 3 rings (SSSR count). The zero-order chi connectivity index (χ0) is 12.0. The molecule has 3 nitrogen and oxygen atoms in total. The third-order valence-corrected chi connectivity index (χ3v) is 3.42. The Labute approximate surface area is 101 Å². The number of imidazole rings is 1. The van der Waals surface area contributed by atoms with E-state index in [0.717, 1.165) is 34.0 Å². The number of hydrogen-bond acceptors (Lipinski definition) is 2. The molecular weight excluding hydrogens is 210 g/mol. The summed E-state index contributed by atoms with van der Waals surface area (Å²) >= 11 is 0. The van der Waals surface area contributed by atoms with Gasteiger partial charge in [-0.2, -0.15) is 0 Å². The molecule has 0 radical (unpaired) electrons. The van der Waals surface area contributed by atoms with E-state index in [-0.39, 0.29) is 0 Å². The van der Waals surface area contributed by atoms with Gasteiger partial charge in [0.15, 0.2) is 0 Å². The molecule has 2 aromatic rings. The summed E-state index contributed by atoms with van der Waals surface area (Å²) in [4.78, 5) is 8.09. The topological polar surface area (TPSA) is 54.7 Å². The summed E-state index contributed by atoms with van der Waals surface area (Å²) in [6, 6.07) is 6.15. The van der Waals surface area contributed by atoms with Gasteiger partial charge in [0.1, 0.15) is 5.82 Å². The molecule has 1 aromatic carbocycles. The Balaban J connectivity index is 2.04. The molecule has 0 atom stereocenters. The molecule has 0 bridgehead atoms. The van der Waals surface area contributed by atoms with Crippen LogP contribution in [0.1, 0.15) is 35.8 Å². The molecule has 0 amide bonds. The van der Waals surface area contributed by atoms with E-state index in [1.165, 1.54) is 12.8 Å². The summed E-state index contributed by atoms with van der Waals surface area (Å²) < 4.78 is 0. The van der Waals surface area contributed by atoms with Crippen molar-refractivity contribution in [3.63, 3.8) is 0 Å². The standard InChI is InChI=1S/C14H17N3/c1-8-3-4-11(7-12(8)15)13-9(2)16-14(17-13)10-5-6-10/h3-4,7,10H,5-6,15H2,1-2H3,(H,16,17). The minimum Gasteiger partial charge on any atom is -0.398 e. The molecule has 17 heavy (non-hydrogen) atoms. The van der Waals surface area contributed by atoms with Crippen LogP contribution in [0, 0.1) is 13.8 Å². The Morgan fingerprint density at radius 3 is 2.71 bits per heavy atom. The third kappa shape index (κ3) is 1.82. The van der Waals surface area contributed by atoms with Gasteiger partial charge in [0.25, 0.3) is 0 Å². The van der Waals surface area contributed by atoms with E-state index in [1.54, 1.807) is 0 Å². The minimum atomic E-state index is 0.658. The van der Waals surface area contributed by atoms with Crippen molar-refractivity contribution in [3.8, 4) is 11.3 Å². The quantitative estimate of drug-likeness (QED) is 0.774. The van der Waals surface area contributed by atoms with Crippen molar-refractivity contribution in [1.29, 1.82) is 0 Å². The Morgan fingerprint density at radius 1 is 1.29 bits per heavy atom. The lowest BCUT2D eigenvalue weighted by molar-refractivity contribution is 0.969. The van der Waals surface area contributed by atoms with Gasteiger partial charge in [0.05, 0.1) is 5.69 Å². The number of nitrogens with two attached hydrogens (primary N) is 1. The Bertz CT molecular complexity index is 565. The van der Waals surface area contributed by atoms with E-state index in [9.17, 15) is 0 Å². The van der Waals surface area contributed by atoms with Gasteiger partial charge in [-0.05, 0) is 38.3 Å². The van der Waals surface area contributed by atoms with Crippen molar-refractivity contribution in [1.82, 2.24) is 9.97 Å². The highest BCUT2D eigenvalue weighted by Gasteiger charge is 2.27. The van der Waals surface area contributed by atoms with Crippen LogP contribution in [0.4, 0.5) is 5.69 Å². The van der Waals surface area contributed by atoms with Crippen molar-refractivity contribution < 1.29 is 0 Å². The fraction of sp³-hybridized carbons (Fsp3) is 0.357. The van der Waals surface area contributed by atoms with Crippen LogP contribution in [0.25, 0.3) is 11.3 Å².